The molecule has 0 aliphatic heterocycles. The Morgan fingerprint density at radius 2 is 2.00 bits per heavy atom. The van der Waals surface area contributed by atoms with Gasteiger partial charge in [-0.25, -0.2) is 14.5 Å². The number of nitrogens with zero attached hydrogens (tertiary/aromatic N) is 3. The average Bonchev–Trinajstić information content (AvgIpc) is 2.29. The molecule has 5 nitrogen and oxygen atoms in total. The Balaban J connectivity index is 3.17. The number of carbonyl (C=O) groups is 1. The fourth-order valence-corrected chi connectivity index (χ4v) is 0.888. The van der Waals surface area contributed by atoms with Crippen LogP contribution < -0.4 is 0 Å². The van der Waals surface area contributed by atoms with Crippen molar-refractivity contribution in [2.75, 3.05) is 0 Å². The Bertz CT molecular complexity index is 336. The van der Waals surface area contributed by atoms with Gasteiger partial charge in [-0.15, -0.1) is 0 Å². The summed E-state index contributed by atoms with van der Waals surface area (Å²) < 4.78 is 1.28. The molecular weight excluding hydrogens is 170 g/mol. The molecule has 0 fully saturated rings. The molecule has 0 bridgehead atoms. The van der Waals surface area contributed by atoms with Crippen molar-refractivity contribution in [3.63, 3.8) is 0 Å². The van der Waals surface area contributed by atoms with E-state index in [2.05, 4.69) is 10.1 Å². The lowest BCUT2D eigenvalue weighted by atomic mass is 9.96. The van der Waals surface area contributed by atoms with Crippen molar-refractivity contribution < 1.29 is 9.90 Å². The van der Waals surface area contributed by atoms with Crippen molar-refractivity contribution in [3.05, 3.63) is 11.6 Å². The highest BCUT2D eigenvalue weighted by molar-refractivity contribution is 5.83. The molecule has 0 spiro atoms. The van der Waals surface area contributed by atoms with E-state index in [1.54, 1.807) is 7.05 Å². The molecule has 0 amide bonds. The van der Waals surface area contributed by atoms with Crippen LogP contribution in [0.5, 0.6) is 0 Å². The summed E-state index contributed by atoms with van der Waals surface area (Å²) in [4.78, 5) is 14.6. The minimum atomic E-state index is -1.05. The molecule has 0 aromatic carbocycles. The summed E-state index contributed by atoms with van der Waals surface area (Å²) in [5, 5.41) is 12.7. The average molecular weight is 183 g/mol. The standard InChI is InChI=1S/C8H13N3O2/c1-8(2,3)7-9-5(6(12)13)11(4)10-7/h1-4H3,(H,12,13). The normalized spacial score (nSPS) is 11.7. The van der Waals surface area contributed by atoms with Gasteiger partial charge in [0, 0.05) is 12.5 Å². The molecule has 5 heteroatoms. The van der Waals surface area contributed by atoms with Gasteiger partial charge in [-0.05, 0) is 0 Å². The van der Waals surface area contributed by atoms with Crippen molar-refractivity contribution >= 4 is 5.97 Å². The van der Waals surface area contributed by atoms with Gasteiger partial charge in [0.1, 0.15) is 0 Å². The molecule has 1 aromatic rings. The van der Waals surface area contributed by atoms with Gasteiger partial charge in [0.15, 0.2) is 5.82 Å². The number of aromatic nitrogens is 3. The summed E-state index contributed by atoms with van der Waals surface area (Å²) in [6, 6.07) is 0. The molecule has 0 aliphatic carbocycles. The zero-order chi connectivity index (χ0) is 10.2. The topological polar surface area (TPSA) is 68.0 Å². The Labute approximate surface area is 76.4 Å². The smallest absolute Gasteiger partial charge is 0.373 e. The molecule has 0 saturated carbocycles. The van der Waals surface area contributed by atoms with E-state index in [1.807, 2.05) is 20.8 Å². The highest BCUT2D eigenvalue weighted by Gasteiger charge is 2.23. The van der Waals surface area contributed by atoms with Crippen molar-refractivity contribution in [3.8, 4) is 0 Å². The SMILES string of the molecule is Cn1nc(C(C)(C)C)nc1C(=O)O. The predicted molar refractivity (Wildman–Crippen MR) is 46.7 cm³/mol. The second kappa shape index (κ2) is 2.83. The first-order chi connectivity index (χ1) is 5.82. The van der Waals surface area contributed by atoms with E-state index < -0.39 is 5.97 Å². The van der Waals surface area contributed by atoms with Gasteiger partial charge in [0.25, 0.3) is 0 Å². The van der Waals surface area contributed by atoms with Crippen LogP contribution in [-0.4, -0.2) is 25.8 Å². The number of rotatable bonds is 1. The fourth-order valence-electron chi connectivity index (χ4n) is 0.888. The molecule has 0 aliphatic rings. The zero-order valence-electron chi connectivity index (χ0n) is 8.20. The van der Waals surface area contributed by atoms with Crippen LogP contribution in [0.1, 0.15) is 37.2 Å². The van der Waals surface area contributed by atoms with Gasteiger partial charge in [-0.3, -0.25) is 0 Å². The van der Waals surface area contributed by atoms with E-state index in [9.17, 15) is 4.79 Å². The third kappa shape index (κ3) is 1.85. The van der Waals surface area contributed by atoms with Crippen LogP contribution in [0.3, 0.4) is 0 Å². The molecule has 72 valence electrons. The Morgan fingerprint density at radius 1 is 1.46 bits per heavy atom. The van der Waals surface area contributed by atoms with Crippen LogP contribution >= 0.6 is 0 Å². The highest BCUT2D eigenvalue weighted by Crippen LogP contribution is 2.17. The molecule has 13 heavy (non-hydrogen) atoms. The Morgan fingerprint density at radius 3 is 2.23 bits per heavy atom. The van der Waals surface area contributed by atoms with E-state index in [0.717, 1.165) is 0 Å². The van der Waals surface area contributed by atoms with E-state index in [0.29, 0.717) is 5.82 Å². The second-order valence-electron chi connectivity index (χ2n) is 3.94. The van der Waals surface area contributed by atoms with Crippen molar-refractivity contribution in [2.45, 2.75) is 26.2 Å². The first-order valence-corrected chi connectivity index (χ1v) is 3.97. The minimum Gasteiger partial charge on any atom is -0.475 e. The predicted octanol–water partition coefficient (Wildman–Crippen LogP) is 0.811. The summed E-state index contributed by atoms with van der Waals surface area (Å²) in [6.45, 7) is 5.82. The van der Waals surface area contributed by atoms with Gasteiger partial charge in [0.05, 0.1) is 0 Å². The highest BCUT2D eigenvalue weighted by atomic mass is 16.4. The maximum absolute atomic E-state index is 10.6. The van der Waals surface area contributed by atoms with Crippen LogP contribution in [-0.2, 0) is 12.5 Å². The Kier molecular flexibility index (Phi) is 2.11. The maximum Gasteiger partial charge on any atom is 0.373 e. The summed E-state index contributed by atoms with van der Waals surface area (Å²) in [6.07, 6.45) is 0. The first kappa shape index (κ1) is 9.70. The van der Waals surface area contributed by atoms with Crippen LogP contribution in [0.15, 0.2) is 0 Å². The van der Waals surface area contributed by atoms with Crippen LogP contribution in [0, 0.1) is 0 Å². The summed E-state index contributed by atoms with van der Waals surface area (Å²) >= 11 is 0. The summed E-state index contributed by atoms with van der Waals surface area (Å²) in [5.74, 6) is -0.525. The number of carboxylic acids is 1. The van der Waals surface area contributed by atoms with Gasteiger partial charge < -0.3 is 5.11 Å². The quantitative estimate of drug-likeness (QED) is 0.699. The number of carboxylic acid groups (broad SMARTS) is 1. The molecule has 0 saturated heterocycles. The van der Waals surface area contributed by atoms with E-state index in [1.165, 1.54) is 4.68 Å². The van der Waals surface area contributed by atoms with Gasteiger partial charge in [-0.2, -0.15) is 5.10 Å². The fraction of sp³-hybridized carbons (Fsp3) is 0.625. The van der Waals surface area contributed by atoms with Crippen LogP contribution in [0.2, 0.25) is 0 Å². The van der Waals surface area contributed by atoms with Gasteiger partial charge >= 0.3 is 5.97 Å². The van der Waals surface area contributed by atoms with E-state index in [-0.39, 0.29) is 11.2 Å². The Hall–Kier alpha value is -1.39. The third-order valence-electron chi connectivity index (χ3n) is 1.63. The summed E-state index contributed by atoms with van der Waals surface area (Å²) in [5.41, 5.74) is -0.217. The largest absolute Gasteiger partial charge is 0.475 e. The molecule has 1 rings (SSSR count). The van der Waals surface area contributed by atoms with Crippen molar-refractivity contribution in [2.24, 2.45) is 7.05 Å². The van der Waals surface area contributed by atoms with Gasteiger partial charge in [0.2, 0.25) is 5.82 Å². The molecule has 0 unspecified atom stereocenters. The second-order valence-corrected chi connectivity index (χ2v) is 3.94. The zero-order valence-corrected chi connectivity index (χ0v) is 8.20. The summed E-state index contributed by atoms with van der Waals surface area (Å²) in [7, 11) is 1.58. The monoisotopic (exact) mass is 183 g/mol. The number of hydrogen-bond donors (Lipinski definition) is 1. The van der Waals surface area contributed by atoms with E-state index in [4.69, 9.17) is 5.11 Å². The van der Waals surface area contributed by atoms with Crippen molar-refractivity contribution in [1.29, 1.82) is 0 Å². The first-order valence-electron chi connectivity index (χ1n) is 3.97. The maximum atomic E-state index is 10.6. The lowest BCUT2D eigenvalue weighted by molar-refractivity contribution is 0.0678. The third-order valence-corrected chi connectivity index (χ3v) is 1.63. The van der Waals surface area contributed by atoms with Gasteiger partial charge in [-0.1, -0.05) is 20.8 Å². The van der Waals surface area contributed by atoms with E-state index >= 15 is 0 Å². The number of hydrogen-bond acceptors (Lipinski definition) is 3. The minimum absolute atomic E-state index is 0.0232. The lowest BCUT2D eigenvalue weighted by Gasteiger charge is -2.11. The molecular formula is C8H13N3O2. The van der Waals surface area contributed by atoms with Crippen molar-refractivity contribution in [1.82, 2.24) is 14.8 Å². The molecule has 1 N–H and O–H groups in total. The molecule has 0 atom stereocenters. The number of aryl methyl sites for hydroxylation is 1. The van der Waals surface area contributed by atoms with Crippen LogP contribution in [0.4, 0.5) is 0 Å². The molecule has 1 aromatic heterocycles. The van der Waals surface area contributed by atoms with Crippen LogP contribution in [0.25, 0.3) is 0 Å². The number of aromatic carboxylic acids is 1. The lowest BCUT2D eigenvalue weighted by Crippen LogP contribution is -2.13. The molecule has 1 heterocycles. The molecule has 0 radical (unpaired) electrons.